The summed E-state index contributed by atoms with van der Waals surface area (Å²) in [6.07, 6.45) is 3.39. The number of benzene rings is 1. The molecule has 0 amide bonds. The number of aryl methyl sites for hydroxylation is 4. The van der Waals surface area contributed by atoms with Gasteiger partial charge in [0, 0.05) is 29.1 Å². The quantitative estimate of drug-likeness (QED) is 0.551. The molecule has 0 aliphatic heterocycles. The zero-order chi connectivity index (χ0) is 16.8. The lowest BCUT2D eigenvalue weighted by Crippen LogP contribution is -1.92. The van der Waals surface area contributed by atoms with Crippen LogP contribution in [0.15, 0.2) is 33.6 Å². The molecule has 0 spiro atoms. The van der Waals surface area contributed by atoms with E-state index in [1.54, 1.807) is 12.4 Å². The Labute approximate surface area is 138 Å². The van der Waals surface area contributed by atoms with Gasteiger partial charge in [0.05, 0.1) is 22.4 Å². The molecule has 3 aromatic heterocycles. The molecule has 0 saturated heterocycles. The molecule has 4 rings (SSSR count). The average molecular weight is 320 g/mol. The van der Waals surface area contributed by atoms with E-state index in [1.807, 2.05) is 33.8 Å². The number of hydrogen-bond acceptors (Lipinski definition) is 6. The minimum Gasteiger partial charge on any atom is -0.361 e. The Bertz CT molecular complexity index is 1020. The predicted octanol–water partition coefficient (Wildman–Crippen LogP) is 4.17. The lowest BCUT2D eigenvalue weighted by Gasteiger charge is -2.09. The molecule has 120 valence electrons. The molecule has 0 radical (unpaired) electrons. The van der Waals surface area contributed by atoms with Gasteiger partial charge in [-0.1, -0.05) is 10.3 Å². The van der Waals surface area contributed by atoms with Crippen LogP contribution in [0.5, 0.6) is 0 Å². The molecule has 6 nitrogen and oxygen atoms in total. The third kappa shape index (κ3) is 2.11. The summed E-state index contributed by atoms with van der Waals surface area (Å²) in [6, 6.07) is 4.09. The summed E-state index contributed by atoms with van der Waals surface area (Å²) >= 11 is 0. The van der Waals surface area contributed by atoms with Crippen LogP contribution in [0.1, 0.15) is 22.9 Å². The van der Waals surface area contributed by atoms with E-state index in [9.17, 15) is 0 Å². The van der Waals surface area contributed by atoms with Gasteiger partial charge in [0.15, 0.2) is 0 Å². The first kappa shape index (κ1) is 14.6. The number of rotatable bonds is 2. The van der Waals surface area contributed by atoms with Gasteiger partial charge in [-0.2, -0.15) is 0 Å². The van der Waals surface area contributed by atoms with Gasteiger partial charge < -0.3 is 9.05 Å². The van der Waals surface area contributed by atoms with Crippen LogP contribution < -0.4 is 0 Å². The highest BCUT2D eigenvalue weighted by atomic mass is 16.5. The first-order chi connectivity index (χ1) is 11.6. The van der Waals surface area contributed by atoms with Gasteiger partial charge in [0.2, 0.25) is 0 Å². The van der Waals surface area contributed by atoms with Crippen molar-refractivity contribution < 1.29 is 9.05 Å². The zero-order valence-corrected chi connectivity index (χ0v) is 13.9. The molecule has 1 aromatic carbocycles. The Morgan fingerprint density at radius 3 is 2.00 bits per heavy atom. The van der Waals surface area contributed by atoms with Crippen LogP contribution in [-0.2, 0) is 0 Å². The van der Waals surface area contributed by atoms with Crippen molar-refractivity contribution in [2.45, 2.75) is 27.7 Å². The van der Waals surface area contributed by atoms with Crippen molar-refractivity contribution in [2.24, 2.45) is 0 Å². The summed E-state index contributed by atoms with van der Waals surface area (Å²) in [7, 11) is 0. The second kappa shape index (κ2) is 5.26. The van der Waals surface area contributed by atoms with Gasteiger partial charge >= 0.3 is 0 Å². The second-order valence-electron chi connectivity index (χ2n) is 5.85. The van der Waals surface area contributed by atoms with Crippen molar-refractivity contribution >= 4 is 11.0 Å². The lowest BCUT2D eigenvalue weighted by molar-refractivity contribution is 0.393. The second-order valence-corrected chi connectivity index (χ2v) is 5.85. The van der Waals surface area contributed by atoms with Crippen LogP contribution in [0, 0.1) is 27.7 Å². The maximum atomic E-state index is 5.35. The third-order valence-electron chi connectivity index (χ3n) is 4.20. The number of fused-ring (bicyclic) bond motifs is 1. The van der Waals surface area contributed by atoms with E-state index in [1.165, 1.54) is 0 Å². The SMILES string of the molecule is Cc1noc(C)c1-c1cc(-c2c(C)noc2C)c2nccnc2c1. The molecule has 0 saturated carbocycles. The van der Waals surface area contributed by atoms with Gasteiger partial charge in [-0.15, -0.1) is 0 Å². The maximum absolute atomic E-state index is 5.35. The highest BCUT2D eigenvalue weighted by molar-refractivity contribution is 5.96. The fraction of sp³-hybridized carbons (Fsp3) is 0.222. The van der Waals surface area contributed by atoms with Crippen molar-refractivity contribution in [3.63, 3.8) is 0 Å². The van der Waals surface area contributed by atoms with Crippen LogP contribution in [0.25, 0.3) is 33.3 Å². The molecule has 0 unspecified atom stereocenters. The van der Waals surface area contributed by atoms with Crippen LogP contribution in [0.2, 0.25) is 0 Å². The molecule has 6 heteroatoms. The zero-order valence-electron chi connectivity index (χ0n) is 13.9. The third-order valence-corrected chi connectivity index (χ3v) is 4.20. The predicted molar refractivity (Wildman–Crippen MR) is 89.5 cm³/mol. The van der Waals surface area contributed by atoms with Gasteiger partial charge in [0.25, 0.3) is 0 Å². The summed E-state index contributed by atoms with van der Waals surface area (Å²) in [5, 5.41) is 8.13. The summed E-state index contributed by atoms with van der Waals surface area (Å²) < 4.78 is 10.7. The molecule has 0 fully saturated rings. The van der Waals surface area contributed by atoms with E-state index >= 15 is 0 Å². The summed E-state index contributed by atoms with van der Waals surface area (Å²) in [4.78, 5) is 8.99. The molecule has 0 N–H and O–H groups in total. The van der Waals surface area contributed by atoms with Gasteiger partial charge in [-0.05, 0) is 45.4 Å². The number of hydrogen-bond donors (Lipinski definition) is 0. The van der Waals surface area contributed by atoms with Gasteiger partial charge in [-0.25, -0.2) is 0 Å². The molecule has 4 aromatic rings. The fourth-order valence-corrected chi connectivity index (χ4v) is 3.17. The molecule has 0 bridgehead atoms. The van der Waals surface area contributed by atoms with Crippen LogP contribution in [-0.4, -0.2) is 20.3 Å². The fourth-order valence-electron chi connectivity index (χ4n) is 3.17. The molecule has 24 heavy (non-hydrogen) atoms. The molecule has 0 aliphatic rings. The molecular formula is C18H16N4O2. The standard InChI is InChI=1S/C18H16N4O2/c1-9-16(11(3)23-21-9)13-7-14(17-10(2)22-24-12(17)4)18-15(8-13)19-5-6-20-18/h5-8H,1-4H3. The smallest absolute Gasteiger partial charge is 0.141 e. The van der Waals surface area contributed by atoms with Crippen molar-refractivity contribution in [3.8, 4) is 22.3 Å². The largest absolute Gasteiger partial charge is 0.361 e. The van der Waals surface area contributed by atoms with Crippen LogP contribution >= 0.6 is 0 Å². The Morgan fingerprint density at radius 2 is 1.38 bits per heavy atom. The first-order valence-corrected chi connectivity index (χ1v) is 7.67. The van der Waals surface area contributed by atoms with Crippen LogP contribution in [0.3, 0.4) is 0 Å². The van der Waals surface area contributed by atoms with Gasteiger partial charge in [-0.3, -0.25) is 9.97 Å². The molecular weight excluding hydrogens is 304 g/mol. The topological polar surface area (TPSA) is 77.8 Å². The lowest BCUT2D eigenvalue weighted by atomic mass is 9.95. The summed E-state index contributed by atoms with van der Waals surface area (Å²) in [6.45, 7) is 7.67. The van der Waals surface area contributed by atoms with Crippen molar-refractivity contribution in [1.82, 2.24) is 20.3 Å². The van der Waals surface area contributed by atoms with E-state index in [4.69, 9.17) is 9.05 Å². The molecule has 3 heterocycles. The van der Waals surface area contributed by atoms with E-state index in [0.29, 0.717) is 0 Å². The Balaban J connectivity index is 2.10. The van der Waals surface area contributed by atoms with Crippen molar-refractivity contribution in [3.05, 3.63) is 47.4 Å². The average Bonchev–Trinajstić information content (AvgIpc) is 3.08. The van der Waals surface area contributed by atoms with Gasteiger partial charge in [0.1, 0.15) is 11.5 Å². The molecule has 0 atom stereocenters. The van der Waals surface area contributed by atoms with E-state index in [2.05, 4.69) is 26.3 Å². The Hall–Kier alpha value is -3.02. The van der Waals surface area contributed by atoms with Crippen LogP contribution in [0.4, 0.5) is 0 Å². The summed E-state index contributed by atoms with van der Waals surface area (Å²) in [5.41, 5.74) is 7.19. The minimum atomic E-state index is 0.760. The normalized spacial score (nSPS) is 11.3. The van der Waals surface area contributed by atoms with Crippen molar-refractivity contribution in [1.29, 1.82) is 0 Å². The van der Waals surface area contributed by atoms with E-state index in [-0.39, 0.29) is 0 Å². The molecule has 0 aliphatic carbocycles. The Morgan fingerprint density at radius 1 is 0.750 bits per heavy atom. The monoisotopic (exact) mass is 320 g/mol. The van der Waals surface area contributed by atoms with E-state index < -0.39 is 0 Å². The number of nitrogens with zero attached hydrogens (tertiary/aromatic N) is 4. The maximum Gasteiger partial charge on any atom is 0.141 e. The highest BCUT2D eigenvalue weighted by Gasteiger charge is 2.19. The Kier molecular flexibility index (Phi) is 3.19. The van der Waals surface area contributed by atoms with Crippen molar-refractivity contribution in [2.75, 3.05) is 0 Å². The minimum absolute atomic E-state index is 0.760. The summed E-state index contributed by atoms with van der Waals surface area (Å²) in [5.74, 6) is 1.54. The number of aromatic nitrogens is 4. The highest BCUT2D eigenvalue weighted by Crippen LogP contribution is 2.37. The first-order valence-electron chi connectivity index (χ1n) is 7.67. The van der Waals surface area contributed by atoms with E-state index in [0.717, 1.165) is 56.2 Å².